The van der Waals surface area contributed by atoms with E-state index < -0.39 is 6.04 Å². The summed E-state index contributed by atoms with van der Waals surface area (Å²) in [6, 6.07) is -0.436. The van der Waals surface area contributed by atoms with Crippen LogP contribution in [-0.2, 0) is 4.79 Å². The second-order valence-electron chi connectivity index (χ2n) is 5.90. The lowest BCUT2D eigenvalue weighted by atomic mass is 9.81. The van der Waals surface area contributed by atoms with Gasteiger partial charge in [0.25, 0.3) is 0 Å². The van der Waals surface area contributed by atoms with Crippen LogP contribution in [0, 0.1) is 5.41 Å². The van der Waals surface area contributed by atoms with Crippen LogP contribution in [0.4, 0.5) is 0 Å². The highest BCUT2D eigenvalue weighted by Gasteiger charge is 2.27. The van der Waals surface area contributed by atoms with Crippen molar-refractivity contribution in [1.82, 2.24) is 5.32 Å². The maximum absolute atomic E-state index is 11.4. The molecule has 0 aromatic heterocycles. The van der Waals surface area contributed by atoms with E-state index in [1.807, 2.05) is 13.8 Å². The van der Waals surface area contributed by atoms with Gasteiger partial charge in [-0.3, -0.25) is 4.79 Å². The molecule has 0 heterocycles. The molecule has 0 aromatic rings. The summed E-state index contributed by atoms with van der Waals surface area (Å²) in [6.07, 6.45) is 0.929. The third-order valence-electron chi connectivity index (χ3n) is 1.85. The highest BCUT2D eigenvalue weighted by Crippen LogP contribution is 2.26. The second kappa shape index (κ2) is 4.30. The van der Waals surface area contributed by atoms with Crippen molar-refractivity contribution in [1.29, 1.82) is 0 Å². The number of amides is 1. The van der Waals surface area contributed by atoms with Crippen LogP contribution in [0.15, 0.2) is 0 Å². The van der Waals surface area contributed by atoms with Crippen molar-refractivity contribution in [3.8, 4) is 0 Å². The first-order valence-corrected chi connectivity index (χ1v) is 5.11. The first kappa shape index (κ1) is 13.4. The van der Waals surface area contributed by atoms with Gasteiger partial charge >= 0.3 is 0 Å². The summed E-state index contributed by atoms with van der Waals surface area (Å²) in [6.45, 7) is 12.2. The number of hydrogen-bond acceptors (Lipinski definition) is 2. The second-order valence-corrected chi connectivity index (χ2v) is 5.90. The van der Waals surface area contributed by atoms with Crippen molar-refractivity contribution in [2.75, 3.05) is 0 Å². The van der Waals surface area contributed by atoms with Gasteiger partial charge in [-0.15, -0.1) is 0 Å². The fraction of sp³-hybridized carbons (Fsp3) is 0.909. The number of carbonyl (C=O) groups excluding carboxylic acids is 1. The largest absolute Gasteiger partial charge is 0.350 e. The van der Waals surface area contributed by atoms with Gasteiger partial charge in [0.15, 0.2) is 0 Å². The van der Waals surface area contributed by atoms with Crippen molar-refractivity contribution >= 4 is 5.91 Å². The third kappa shape index (κ3) is 5.97. The highest BCUT2D eigenvalue weighted by molar-refractivity contribution is 5.81. The summed E-state index contributed by atoms with van der Waals surface area (Å²) in [7, 11) is 0. The van der Waals surface area contributed by atoms with Gasteiger partial charge in [0.2, 0.25) is 5.91 Å². The molecule has 0 aromatic carbocycles. The number of carbonyl (C=O) groups is 1. The van der Waals surface area contributed by atoms with Crippen LogP contribution in [0.25, 0.3) is 0 Å². The number of rotatable bonds is 3. The molecular weight excluding hydrogens is 176 g/mol. The van der Waals surface area contributed by atoms with E-state index >= 15 is 0 Å². The zero-order chi connectivity index (χ0) is 11.6. The lowest BCUT2D eigenvalue weighted by Crippen LogP contribution is -2.50. The molecule has 0 spiro atoms. The molecular formula is C11H24N2O. The van der Waals surface area contributed by atoms with E-state index in [-0.39, 0.29) is 16.9 Å². The first-order chi connectivity index (χ1) is 6.03. The fourth-order valence-electron chi connectivity index (χ4n) is 1.82. The Hall–Kier alpha value is -0.570. The van der Waals surface area contributed by atoms with Crippen molar-refractivity contribution in [2.45, 2.75) is 59.5 Å². The molecule has 0 aliphatic rings. The summed E-state index contributed by atoms with van der Waals surface area (Å²) >= 11 is 0. The average Bonchev–Trinajstić information content (AvgIpc) is 1.78. The Morgan fingerprint density at radius 2 is 1.71 bits per heavy atom. The monoisotopic (exact) mass is 200 g/mol. The average molecular weight is 200 g/mol. The fourth-order valence-corrected chi connectivity index (χ4v) is 1.82. The van der Waals surface area contributed by atoms with Gasteiger partial charge < -0.3 is 11.1 Å². The molecule has 0 unspecified atom stereocenters. The molecule has 0 aliphatic heterocycles. The number of hydrogen-bond donors (Lipinski definition) is 2. The third-order valence-corrected chi connectivity index (χ3v) is 1.85. The molecule has 3 nitrogen and oxygen atoms in total. The quantitative estimate of drug-likeness (QED) is 0.728. The van der Waals surface area contributed by atoms with Crippen LogP contribution < -0.4 is 11.1 Å². The zero-order valence-electron chi connectivity index (χ0n) is 10.3. The van der Waals surface area contributed by atoms with Crippen LogP contribution in [0.3, 0.4) is 0 Å². The molecule has 1 amide bonds. The van der Waals surface area contributed by atoms with Gasteiger partial charge in [-0.25, -0.2) is 0 Å². The Balaban J connectivity index is 4.28. The molecule has 14 heavy (non-hydrogen) atoms. The molecule has 0 aliphatic carbocycles. The standard InChI is InChI=1S/C11H24N2O/c1-8(12)9(14)13-11(5,6)7-10(2,3)4/h8H,7,12H2,1-6H3,(H,13,14)/t8-/m0/s1. The molecule has 1 atom stereocenters. The van der Waals surface area contributed by atoms with Gasteiger partial charge in [-0.1, -0.05) is 20.8 Å². The molecule has 0 saturated carbocycles. The summed E-state index contributed by atoms with van der Waals surface area (Å²) in [5.74, 6) is -0.0840. The van der Waals surface area contributed by atoms with E-state index in [4.69, 9.17) is 5.73 Å². The summed E-state index contributed by atoms with van der Waals surface area (Å²) < 4.78 is 0. The smallest absolute Gasteiger partial charge is 0.237 e. The predicted octanol–water partition coefficient (Wildman–Crippen LogP) is 1.66. The minimum atomic E-state index is -0.436. The van der Waals surface area contributed by atoms with Crippen LogP contribution in [0.2, 0.25) is 0 Å². The minimum Gasteiger partial charge on any atom is -0.350 e. The lowest BCUT2D eigenvalue weighted by Gasteiger charge is -2.33. The van der Waals surface area contributed by atoms with Gasteiger partial charge in [-0.2, -0.15) is 0 Å². The van der Waals surface area contributed by atoms with E-state index in [1.165, 1.54) is 0 Å². The molecule has 3 N–H and O–H groups in total. The van der Waals surface area contributed by atoms with E-state index in [1.54, 1.807) is 6.92 Å². The van der Waals surface area contributed by atoms with Gasteiger partial charge in [0.05, 0.1) is 6.04 Å². The van der Waals surface area contributed by atoms with E-state index in [0.29, 0.717) is 0 Å². The van der Waals surface area contributed by atoms with Crippen molar-refractivity contribution in [2.24, 2.45) is 11.1 Å². The van der Waals surface area contributed by atoms with Gasteiger partial charge in [0, 0.05) is 5.54 Å². The SMILES string of the molecule is C[C@H](N)C(=O)NC(C)(C)CC(C)(C)C. The Bertz CT molecular complexity index is 202. The highest BCUT2D eigenvalue weighted by atomic mass is 16.2. The molecule has 3 heteroatoms. The maximum atomic E-state index is 11.4. The van der Waals surface area contributed by atoms with Crippen LogP contribution in [-0.4, -0.2) is 17.5 Å². The Kier molecular flexibility index (Phi) is 4.13. The van der Waals surface area contributed by atoms with E-state index in [9.17, 15) is 4.79 Å². The van der Waals surface area contributed by atoms with Crippen LogP contribution in [0.5, 0.6) is 0 Å². The van der Waals surface area contributed by atoms with Crippen LogP contribution in [0.1, 0.15) is 48.0 Å². The normalized spacial score (nSPS) is 15.1. The lowest BCUT2D eigenvalue weighted by molar-refractivity contribution is -0.123. The zero-order valence-corrected chi connectivity index (χ0v) is 10.3. The van der Waals surface area contributed by atoms with Gasteiger partial charge in [0.1, 0.15) is 0 Å². The summed E-state index contributed by atoms with van der Waals surface area (Å²) in [5, 5.41) is 2.95. The van der Waals surface area contributed by atoms with Gasteiger partial charge in [-0.05, 0) is 32.6 Å². The Labute approximate surface area is 87.4 Å². The van der Waals surface area contributed by atoms with Crippen molar-refractivity contribution in [3.05, 3.63) is 0 Å². The topological polar surface area (TPSA) is 55.1 Å². The number of nitrogens with two attached hydrogens (primary N) is 1. The first-order valence-electron chi connectivity index (χ1n) is 5.11. The maximum Gasteiger partial charge on any atom is 0.237 e. The summed E-state index contributed by atoms with van der Waals surface area (Å²) in [4.78, 5) is 11.4. The van der Waals surface area contributed by atoms with E-state index in [2.05, 4.69) is 26.1 Å². The van der Waals surface area contributed by atoms with Crippen molar-refractivity contribution in [3.63, 3.8) is 0 Å². The molecule has 84 valence electrons. The molecule has 0 fully saturated rings. The molecule has 0 saturated heterocycles. The Morgan fingerprint density at radius 1 is 1.29 bits per heavy atom. The summed E-state index contributed by atoms with van der Waals surface area (Å²) in [5.41, 5.74) is 5.51. The minimum absolute atomic E-state index is 0.0840. The van der Waals surface area contributed by atoms with Crippen LogP contribution >= 0.6 is 0 Å². The molecule has 0 radical (unpaired) electrons. The van der Waals surface area contributed by atoms with E-state index in [0.717, 1.165) is 6.42 Å². The molecule has 0 bridgehead atoms. The Morgan fingerprint density at radius 3 is 2.00 bits per heavy atom. The van der Waals surface area contributed by atoms with Crippen molar-refractivity contribution < 1.29 is 4.79 Å². The predicted molar refractivity (Wildman–Crippen MR) is 59.9 cm³/mol. The molecule has 0 rings (SSSR count). The number of nitrogens with one attached hydrogen (secondary N) is 1.